The molecule has 3 aromatic rings. The summed E-state index contributed by atoms with van der Waals surface area (Å²) in [5, 5.41) is 15.5. The van der Waals surface area contributed by atoms with Crippen molar-refractivity contribution < 1.29 is 23.1 Å². The van der Waals surface area contributed by atoms with Gasteiger partial charge in [0.15, 0.2) is 15.5 Å². The van der Waals surface area contributed by atoms with Crippen molar-refractivity contribution >= 4 is 44.8 Å². The molecule has 0 aliphatic carbocycles. The summed E-state index contributed by atoms with van der Waals surface area (Å²) in [6, 6.07) is 9.38. The molecule has 0 radical (unpaired) electrons. The average Bonchev–Trinajstić information content (AvgIpc) is 2.69. The van der Waals surface area contributed by atoms with Gasteiger partial charge in [0, 0.05) is 18.6 Å². The topological polar surface area (TPSA) is 138 Å². The normalized spacial score (nSPS) is 11.0. The van der Waals surface area contributed by atoms with Crippen LogP contribution in [-0.2, 0) is 9.84 Å². The van der Waals surface area contributed by atoms with Crippen molar-refractivity contribution in [1.29, 1.82) is 0 Å². The lowest BCUT2D eigenvalue weighted by atomic mass is 10.1. The summed E-state index contributed by atoms with van der Waals surface area (Å²) in [5.74, 6) is -1.66. The Morgan fingerprint density at radius 2 is 1.80 bits per heavy atom. The summed E-state index contributed by atoms with van der Waals surface area (Å²) < 4.78 is 23.1. The van der Waals surface area contributed by atoms with Crippen LogP contribution in [0.1, 0.15) is 20.8 Å². The fraction of sp³-hybridized carbons (Fsp3) is 0.0526. The minimum Gasteiger partial charge on any atom is -0.507 e. The highest BCUT2D eigenvalue weighted by atomic mass is 35.5. The number of carbonyl (C=O) groups is 2. The van der Waals surface area contributed by atoms with E-state index in [0.29, 0.717) is 5.02 Å². The third-order valence-corrected chi connectivity index (χ3v) is 5.22. The number of amides is 2. The maximum absolute atomic E-state index is 12.6. The molecule has 2 amide bonds. The van der Waals surface area contributed by atoms with Gasteiger partial charge >= 0.3 is 0 Å². The third-order valence-electron chi connectivity index (χ3n) is 3.88. The molecule has 0 aliphatic heterocycles. The second-order valence-corrected chi connectivity index (χ2v) is 8.57. The number of pyridine rings is 2. The van der Waals surface area contributed by atoms with Crippen LogP contribution in [0.2, 0.25) is 5.02 Å². The molecule has 0 saturated heterocycles. The van der Waals surface area contributed by atoms with Gasteiger partial charge in [0.1, 0.15) is 11.6 Å². The van der Waals surface area contributed by atoms with Crippen LogP contribution >= 0.6 is 11.6 Å². The maximum Gasteiger partial charge on any atom is 0.277 e. The van der Waals surface area contributed by atoms with E-state index in [1.165, 1.54) is 42.7 Å². The number of halogens is 1. The predicted molar refractivity (Wildman–Crippen MR) is 111 cm³/mol. The lowest BCUT2D eigenvalue weighted by Gasteiger charge is -2.11. The minimum absolute atomic E-state index is 0.0838. The molecule has 3 rings (SSSR count). The zero-order valence-corrected chi connectivity index (χ0v) is 17.0. The number of sulfone groups is 1. The van der Waals surface area contributed by atoms with Crippen molar-refractivity contribution in [2.75, 3.05) is 16.9 Å². The van der Waals surface area contributed by atoms with Crippen molar-refractivity contribution in [2.45, 2.75) is 4.90 Å². The maximum atomic E-state index is 12.6. The molecule has 0 fully saturated rings. The Morgan fingerprint density at radius 1 is 1.03 bits per heavy atom. The van der Waals surface area contributed by atoms with Crippen LogP contribution in [-0.4, -0.2) is 41.6 Å². The van der Waals surface area contributed by atoms with Crippen molar-refractivity contribution in [1.82, 2.24) is 9.97 Å². The SMILES string of the molecule is CS(=O)(=O)c1ccc(C(=O)Nc2cccnc2C(=O)Nc2ccc(Cl)cn2)c(O)c1. The van der Waals surface area contributed by atoms with Gasteiger partial charge in [-0.05, 0) is 42.5 Å². The molecule has 0 spiro atoms. The van der Waals surface area contributed by atoms with Gasteiger partial charge in [-0.15, -0.1) is 0 Å². The van der Waals surface area contributed by atoms with Crippen molar-refractivity contribution in [3.05, 3.63) is 71.1 Å². The summed E-state index contributed by atoms with van der Waals surface area (Å²) >= 11 is 5.76. The highest BCUT2D eigenvalue weighted by Gasteiger charge is 2.19. The molecule has 0 aliphatic rings. The van der Waals surface area contributed by atoms with Gasteiger partial charge in [0.25, 0.3) is 11.8 Å². The Kier molecular flexibility index (Phi) is 5.99. The molecule has 1 aromatic carbocycles. The molecule has 0 bridgehead atoms. The Hall–Kier alpha value is -3.50. The minimum atomic E-state index is -3.55. The largest absolute Gasteiger partial charge is 0.507 e. The number of hydrogen-bond acceptors (Lipinski definition) is 7. The number of aromatic hydroxyl groups is 1. The van der Waals surface area contributed by atoms with Crippen LogP contribution in [0.25, 0.3) is 0 Å². The molecule has 0 saturated carbocycles. The summed E-state index contributed by atoms with van der Waals surface area (Å²) in [6.45, 7) is 0. The van der Waals surface area contributed by atoms with Gasteiger partial charge in [-0.3, -0.25) is 9.59 Å². The number of benzene rings is 1. The van der Waals surface area contributed by atoms with E-state index >= 15 is 0 Å². The monoisotopic (exact) mass is 446 g/mol. The number of phenols is 1. The Morgan fingerprint density at radius 3 is 2.43 bits per heavy atom. The number of nitrogens with zero attached hydrogens (tertiary/aromatic N) is 2. The van der Waals surface area contributed by atoms with E-state index in [2.05, 4.69) is 20.6 Å². The van der Waals surface area contributed by atoms with Gasteiger partial charge in [0.05, 0.1) is 21.2 Å². The fourth-order valence-corrected chi connectivity index (χ4v) is 3.19. The molecule has 11 heteroatoms. The van der Waals surface area contributed by atoms with Crippen molar-refractivity contribution in [3.63, 3.8) is 0 Å². The zero-order valence-electron chi connectivity index (χ0n) is 15.5. The Balaban J connectivity index is 1.83. The van der Waals surface area contributed by atoms with E-state index < -0.39 is 27.4 Å². The van der Waals surface area contributed by atoms with Crippen LogP contribution in [0.5, 0.6) is 5.75 Å². The van der Waals surface area contributed by atoms with E-state index in [0.717, 1.165) is 12.3 Å². The van der Waals surface area contributed by atoms with E-state index in [1.807, 2.05) is 0 Å². The number of carbonyl (C=O) groups excluding carboxylic acids is 2. The number of phenolic OH excluding ortho intramolecular Hbond substituents is 1. The lowest BCUT2D eigenvalue weighted by molar-refractivity contribution is 0.102. The highest BCUT2D eigenvalue weighted by Crippen LogP contribution is 2.24. The Labute approximate surface area is 176 Å². The number of anilines is 2. The molecule has 2 aromatic heterocycles. The van der Waals surface area contributed by atoms with E-state index in [1.54, 1.807) is 6.07 Å². The fourth-order valence-electron chi connectivity index (χ4n) is 2.44. The number of aromatic nitrogens is 2. The second-order valence-electron chi connectivity index (χ2n) is 6.12. The summed E-state index contributed by atoms with van der Waals surface area (Å²) in [6.07, 6.45) is 3.72. The summed E-state index contributed by atoms with van der Waals surface area (Å²) in [5.41, 5.74) is -0.174. The number of nitrogens with one attached hydrogen (secondary N) is 2. The van der Waals surface area contributed by atoms with Gasteiger partial charge < -0.3 is 15.7 Å². The molecule has 2 heterocycles. The Bertz CT molecular complexity index is 1230. The third kappa shape index (κ3) is 4.91. The van der Waals surface area contributed by atoms with Gasteiger partial charge in [-0.1, -0.05) is 11.6 Å². The van der Waals surface area contributed by atoms with Crippen LogP contribution < -0.4 is 10.6 Å². The average molecular weight is 447 g/mol. The van der Waals surface area contributed by atoms with E-state index in [9.17, 15) is 23.1 Å². The smallest absolute Gasteiger partial charge is 0.277 e. The highest BCUT2D eigenvalue weighted by molar-refractivity contribution is 7.90. The van der Waals surface area contributed by atoms with Crippen LogP contribution in [0.15, 0.2) is 59.8 Å². The first-order valence-corrected chi connectivity index (χ1v) is 10.6. The van der Waals surface area contributed by atoms with Gasteiger partial charge in [-0.25, -0.2) is 18.4 Å². The van der Waals surface area contributed by atoms with E-state index in [-0.39, 0.29) is 27.7 Å². The summed E-state index contributed by atoms with van der Waals surface area (Å²) in [4.78, 5) is 32.9. The molecule has 9 nitrogen and oxygen atoms in total. The lowest BCUT2D eigenvalue weighted by Crippen LogP contribution is -2.20. The molecule has 154 valence electrons. The zero-order chi connectivity index (χ0) is 21.9. The first-order chi connectivity index (χ1) is 14.1. The molecule has 30 heavy (non-hydrogen) atoms. The molecule has 3 N–H and O–H groups in total. The van der Waals surface area contributed by atoms with Gasteiger partial charge in [0.2, 0.25) is 0 Å². The van der Waals surface area contributed by atoms with Crippen LogP contribution in [0.4, 0.5) is 11.5 Å². The predicted octanol–water partition coefficient (Wildman–Crippen LogP) is 2.74. The van der Waals surface area contributed by atoms with Gasteiger partial charge in [-0.2, -0.15) is 0 Å². The second kappa shape index (κ2) is 8.47. The number of rotatable bonds is 5. The summed E-state index contributed by atoms with van der Waals surface area (Å²) in [7, 11) is -3.55. The first-order valence-electron chi connectivity index (χ1n) is 8.37. The molecule has 0 atom stereocenters. The van der Waals surface area contributed by atoms with Crippen molar-refractivity contribution in [3.8, 4) is 5.75 Å². The number of hydrogen-bond donors (Lipinski definition) is 3. The van der Waals surface area contributed by atoms with E-state index in [4.69, 9.17) is 11.6 Å². The molecular formula is C19H15ClN4O5S. The molecular weight excluding hydrogens is 432 g/mol. The first kappa shape index (κ1) is 21.2. The standard InChI is InChI=1S/C19H15ClN4O5S/c1-30(28,29)12-5-6-13(15(25)9-12)18(26)23-14-3-2-8-21-17(14)19(27)24-16-7-4-11(20)10-22-16/h2-10,25H,1H3,(H,23,26)(H,22,24,27). The van der Waals surface area contributed by atoms with Crippen molar-refractivity contribution in [2.24, 2.45) is 0 Å². The quantitative estimate of drug-likeness (QED) is 0.547. The molecule has 0 unspecified atom stereocenters. The van der Waals surface area contributed by atoms with Crippen LogP contribution in [0.3, 0.4) is 0 Å². The van der Waals surface area contributed by atoms with Crippen LogP contribution in [0, 0.1) is 0 Å².